The Kier molecular flexibility index (Phi) is 9.05. The Labute approximate surface area is 286 Å². The molecule has 0 heterocycles. The van der Waals surface area contributed by atoms with E-state index in [-0.39, 0.29) is 21.7 Å². The summed E-state index contributed by atoms with van der Waals surface area (Å²) in [4.78, 5) is 28.1. The molecular formula is C42H66N2O3. The number of nitrogens with one attached hydrogen (secondary N) is 1. The zero-order valence-corrected chi connectivity index (χ0v) is 31.3. The van der Waals surface area contributed by atoms with Gasteiger partial charge >= 0.3 is 5.97 Å². The van der Waals surface area contributed by atoms with Crippen molar-refractivity contribution >= 4 is 11.9 Å². The minimum absolute atomic E-state index is 0.150. The molecule has 1 aromatic carbocycles. The molecule has 6 rings (SSSR count). The summed E-state index contributed by atoms with van der Waals surface area (Å²) >= 11 is 0. The molecule has 5 nitrogen and oxygen atoms in total. The average molecular weight is 647 g/mol. The molecule has 5 aliphatic carbocycles. The summed E-state index contributed by atoms with van der Waals surface area (Å²) in [6.07, 6.45) is 13.1. The van der Waals surface area contributed by atoms with Crippen molar-refractivity contribution in [2.45, 2.75) is 125 Å². The summed E-state index contributed by atoms with van der Waals surface area (Å²) in [5.74, 6) is 3.72. The standard InChI is InChI=1S/C42H66N2O3/c1-27(2)30-17-22-42(37(47)43-25-10-26-44(8)9)24-23-40(6)32(35(30)42)15-16-34-39(5)20-18-31(28-11-13-29(14-12-28)36(45)46)38(3,4)33(39)19-21-41(34,40)7/h11-14,27,30-35H,10,15-26H2,1-9H3,(H,43,47)(H,45,46)/t30-,31-,32+,33-,34+,35+,39-,40+,41+,42-/m0/s1. The molecule has 0 aliphatic heterocycles. The zero-order chi connectivity index (χ0) is 34.2. The number of aromatic carboxylic acids is 1. The molecule has 0 aromatic heterocycles. The van der Waals surface area contributed by atoms with Crippen LogP contribution in [0.1, 0.15) is 141 Å². The maximum Gasteiger partial charge on any atom is 0.335 e. The van der Waals surface area contributed by atoms with Crippen molar-refractivity contribution in [3.05, 3.63) is 35.4 Å². The Balaban J connectivity index is 1.28. The predicted octanol–water partition coefficient (Wildman–Crippen LogP) is 9.27. The van der Waals surface area contributed by atoms with Crippen LogP contribution < -0.4 is 5.32 Å². The highest BCUT2D eigenvalue weighted by molar-refractivity contribution is 5.87. The highest BCUT2D eigenvalue weighted by Crippen LogP contribution is 2.78. The van der Waals surface area contributed by atoms with Crippen LogP contribution in [0.3, 0.4) is 0 Å². The van der Waals surface area contributed by atoms with Gasteiger partial charge < -0.3 is 15.3 Å². The lowest BCUT2D eigenvalue weighted by Gasteiger charge is -2.73. The van der Waals surface area contributed by atoms with Gasteiger partial charge in [0.2, 0.25) is 5.91 Å². The monoisotopic (exact) mass is 647 g/mol. The maximum absolute atomic E-state index is 14.3. The molecule has 0 saturated heterocycles. The highest BCUT2D eigenvalue weighted by Gasteiger charge is 2.72. The number of nitrogens with zero attached hydrogens (tertiary/aromatic N) is 1. The Hall–Kier alpha value is -1.88. The number of rotatable bonds is 8. The smallest absolute Gasteiger partial charge is 0.335 e. The van der Waals surface area contributed by atoms with Crippen LogP contribution in [0.25, 0.3) is 0 Å². The van der Waals surface area contributed by atoms with Crippen LogP contribution in [-0.4, -0.2) is 49.1 Å². The van der Waals surface area contributed by atoms with Crippen LogP contribution >= 0.6 is 0 Å². The minimum Gasteiger partial charge on any atom is -0.478 e. The van der Waals surface area contributed by atoms with Gasteiger partial charge in [0, 0.05) is 6.54 Å². The third-order valence-corrected chi connectivity index (χ3v) is 16.5. The number of hydrogen-bond acceptors (Lipinski definition) is 3. The fourth-order valence-corrected chi connectivity index (χ4v) is 14.0. The second-order valence-corrected chi connectivity index (χ2v) is 19.0. The molecule has 10 atom stereocenters. The van der Waals surface area contributed by atoms with Crippen molar-refractivity contribution < 1.29 is 14.7 Å². The molecular weight excluding hydrogens is 580 g/mol. The molecule has 0 bridgehead atoms. The quantitative estimate of drug-likeness (QED) is 0.276. The predicted molar refractivity (Wildman–Crippen MR) is 191 cm³/mol. The fourth-order valence-electron chi connectivity index (χ4n) is 14.0. The van der Waals surface area contributed by atoms with Crippen LogP contribution in [-0.2, 0) is 4.79 Å². The van der Waals surface area contributed by atoms with E-state index in [4.69, 9.17) is 0 Å². The average Bonchev–Trinajstić information content (AvgIpc) is 3.41. The molecule has 0 spiro atoms. The molecule has 1 aromatic rings. The van der Waals surface area contributed by atoms with Crippen molar-refractivity contribution in [1.82, 2.24) is 10.2 Å². The van der Waals surface area contributed by atoms with Gasteiger partial charge in [-0.3, -0.25) is 4.79 Å². The topological polar surface area (TPSA) is 69.6 Å². The van der Waals surface area contributed by atoms with Gasteiger partial charge in [-0.2, -0.15) is 0 Å². The summed E-state index contributed by atoms with van der Waals surface area (Å²) in [5.41, 5.74) is 2.50. The number of hydrogen-bond donors (Lipinski definition) is 2. The molecule has 0 radical (unpaired) electrons. The Morgan fingerprint density at radius 3 is 2.19 bits per heavy atom. The first-order valence-electron chi connectivity index (χ1n) is 19.3. The van der Waals surface area contributed by atoms with Gasteiger partial charge in [-0.05, 0) is 172 Å². The Bertz CT molecular complexity index is 1340. The van der Waals surface area contributed by atoms with E-state index in [1.165, 1.54) is 56.9 Å². The van der Waals surface area contributed by atoms with Gasteiger partial charge in [0.05, 0.1) is 11.0 Å². The number of amides is 1. The number of carbonyl (C=O) groups excluding carboxylic acids is 1. The van der Waals surface area contributed by atoms with Crippen LogP contribution in [0.15, 0.2) is 24.3 Å². The number of carboxylic acid groups (broad SMARTS) is 1. The van der Waals surface area contributed by atoms with Gasteiger partial charge in [0.25, 0.3) is 0 Å². The van der Waals surface area contributed by atoms with Crippen molar-refractivity contribution in [2.24, 2.45) is 62.6 Å². The number of carbonyl (C=O) groups is 2. The van der Waals surface area contributed by atoms with Crippen LogP contribution in [0.5, 0.6) is 0 Å². The van der Waals surface area contributed by atoms with Crippen molar-refractivity contribution in [1.29, 1.82) is 0 Å². The summed E-state index contributed by atoms with van der Waals surface area (Å²) in [5, 5.41) is 13.0. The maximum atomic E-state index is 14.3. The highest BCUT2D eigenvalue weighted by atomic mass is 16.4. The molecule has 5 heteroatoms. The fraction of sp³-hybridized carbons (Fsp3) is 0.810. The summed E-state index contributed by atoms with van der Waals surface area (Å²) in [7, 11) is 4.23. The molecule has 5 saturated carbocycles. The number of carboxylic acids is 1. The van der Waals surface area contributed by atoms with Crippen LogP contribution in [0.2, 0.25) is 0 Å². The summed E-state index contributed by atoms with van der Waals surface area (Å²) < 4.78 is 0. The zero-order valence-electron chi connectivity index (χ0n) is 31.3. The van der Waals surface area contributed by atoms with Gasteiger partial charge in [-0.15, -0.1) is 0 Å². The van der Waals surface area contributed by atoms with Crippen molar-refractivity contribution in [3.63, 3.8) is 0 Å². The molecule has 262 valence electrons. The molecule has 0 unspecified atom stereocenters. The number of fused-ring (bicyclic) bond motifs is 7. The number of benzene rings is 1. The normalized spacial score (nSPS) is 42.3. The lowest BCUT2D eigenvalue weighted by molar-refractivity contribution is -0.239. The van der Waals surface area contributed by atoms with Gasteiger partial charge in [-0.1, -0.05) is 60.6 Å². The van der Waals surface area contributed by atoms with Gasteiger partial charge in [0.15, 0.2) is 0 Å². The largest absolute Gasteiger partial charge is 0.478 e. The second-order valence-electron chi connectivity index (χ2n) is 19.0. The van der Waals surface area contributed by atoms with E-state index in [1.54, 1.807) is 0 Å². The lowest BCUT2D eigenvalue weighted by Crippen LogP contribution is -2.67. The van der Waals surface area contributed by atoms with Crippen LogP contribution in [0, 0.1) is 62.6 Å². The van der Waals surface area contributed by atoms with E-state index >= 15 is 0 Å². The first-order valence-corrected chi connectivity index (χ1v) is 19.3. The summed E-state index contributed by atoms with van der Waals surface area (Å²) in [6.45, 7) is 19.8. The van der Waals surface area contributed by atoms with E-state index < -0.39 is 5.97 Å². The molecule has 47 heavy (non-hydrogen) atoms. The first kappa shape index (κ1) is 35.0. The van der Waals surface area contributed by atoms with Gasteiger partial charge in [0.1, 0.15) is 0 Å². The second kappa shape index (κ2) is 12.2. The van der Waals surface area contributed by atoms with Crippen molar-refractivity contribution in [3.8, 4) is 0 Å². The molecule has 5 fully saturated rings. The lowest BCUT2D eigenvalue weighted by atomic mass is 9.31. The first-order chi connectivity index (χ1) is 22.0. The van der Waals surface area contributed by atoms with E-state index in [9.17, 15) is 14.7 Å². The third kappa shape index (κ3) is 5.25. The van der Waals surface area contributed by atoms with Crippen molar-refractivity contribution in [2.75, 3.05) is 27.2 Å². The molecule has 1 amide bonds. The van der Waals surface area contributed by atoms with E-state index in [0.717, 1.165) is 32.4 Å². The Morgan fingerprint density at radius 2 is 1.55 bits per heavy atom. The van der Waals surface area contributed by atoms with E-state index in [1.807, 2.05) is 12.1 Å². The minimum atomic E-state index is -0.847. The third-order valence-electron chi connectivity index (χ3n) is 16.5. The molecule has 5 aliphatic rings. The molecule has 2 N–H and O–H groups in total. The van der Waals surface area contributed by atoms with E-state index in [2.05, 4.69) is 84.9 Å². The summed E-state index contributed by atoms with van der Waals surface area (Å²) in [6, 6.07) is 7.80. The van der Waals surface area contributed by atoms with Gasteiger partial charge in [-0.25, -0.2) is 4.79 Å². The Morgan fingerprint density at radius 1 is 0.851 bits per heavy atom. The van der Waals surface area contributed by atoms with E-state index in [0.29, 0.717) is 58.3 Å². The SMILES string of the molecule is CC(C)[C@@H]1CC[C@]2(C(=O)NCCCN(C)C)CC[C@]3(C)[C@H](CC[C@@H]4[C@@]5(C)CC[C@@H](c6ccc(C(=O)O)cc6)C(C)(C)[C@@H]5CC[C@]43C)[C@@H]12. The van der Waals surface area contributed by atoms with Crippen LogP contribution in [0.4, 0.5) is 0 Å².